The lowest BCUT2D eigenvalue weighted by Crippen LogP contribution is -2.48. The molecule has 2 heterocycles. The summed E-state index contributed by atoms with van der Waals surface area (Å²) in [5, 5.41) is 9.95. The molecule has 0 saturated carbocycles. The summed E-state index contributed by atoms with van der Waals surface area (Å²) in [5.41, 5.74) is 0.0333. The zero-order valence-corrected chi connectivity index (χ0v) is 14.4. The van der Waals surface area contributed by atoms with Crippen LogP contribution in [0.15, 0.2) is 23.1 Å². The average Bonchev–Trinajstić information content (AvgIpc) is 2.74. The summed E-state index contributed by atoms with van der Waals surface area (Å²) in [6, 6.07) is 4.44. The highest BCUT2D eigenvalue weighted by molar-refractivity contribution is 7.79. The molecule has 1 spiro atoms. The zero-order valence-electron chi connectivity index (χ0n) is 13.6. The van der Waals surface area contributed by atoms with Gasteiger partial charge in [-0.1, -0.05) is 0 Å². The quantitative estimate of drug-likeness (QED) is 0.811. The van der Waals surface area contributed by atoms with Crippen molar-refractivity contribution < 1.29 is 28.1 Å². The molecule has 1 amide bonds. The Morgan fingerprint density at radius 3 is 2.62 bits per heavy atom. The van der Waals surface area contributed by atoms with Gasteiger partial charge in [0, 0.05) is 17.0 Å². The summed E-state index contributed by atoms with van der Waals surface area (Å²) >= 11 is -2.41. The lowest BCUT2D eigenvalue weighted by molar-refractivity contribution is -0.256. The molecule has 1 unspecified atom stereocenters. The molecular weight excluding hydrogens is 334 g/mol. The second-order valence-corrected chi connectivity index (χ2v) is 7.54. The largest absolute Gasteiger partial charge is 0.768 e. The summed E-state index contributed by atoms with van der Waals surface area (Å²) in [6.07, 6.45) is 1.03. The van der Waals surface area contributed by atoms with Crippen LogP contribution in [-0.2, 0) is 31.1 Å². The maximum Gasteiger partial charge on any atom is 0.292 e. The van der Waals surface area contributed by atoms with E-state index in [9.17, 15) is 18.7 Å². The Morgan fingerprint density at radius 1 is 1.38 bits per heavy atom. The normalized spacial score (nSPS) is 21.2. The van der Waals surface area contributed by atoms with E-state index in [1.54, 1.807) is 19.9 Å². The molecule has 1 atom stereocenters. The van der Waals surface area contributed by atoms with E-state index < -0.39 is 22.5 Å². The lowest BCUT2D eigenvalue weighted by Gasteiger charge is -2.33. The minimum Gasteiger partial charge on any atom is -0.768 e. The second kappa shape index (κ2) is 6.20. The zero-order chi connectivity index (χ0) is 17.5. The van der Waals surface area contributed by atoms with Gasteiger partial charge >= 0.3 is 0 Å². The third-order valence-electron chi connectivity index (χ3n) is 4.18. The van der Waals surface area contributed by atoms with Gasteiger partial charge in [-0.25, -0.2) is 0 Å². The van der Waals surface area contributed by atoms with Crippen molar-refractivity contribution in [3.63, 3.8) is 0 Å². The summed E-state index contributed by atoms with van der Waals surface area (Å²) in [4.78, 5) is 14.5. The molecule has 1 fully saturated rings. The highest BCUT2D eigenvalue weighted by atomic mass is 32.2. The van der Waals surface area contributed by atoms with Crippen LogP contribution in [0.3, 0.4) is 0 Å². The Labute approximate surface area is 142 Å². The van der Waals surface area contributed by atoms with Crippen molar-refractivity contribution in [1.29, 1.82) is 0 Å². The number of rotatable bonds is 4. The number of hydrogen-bond acceptors (Lipinski definition) is 6. The molecule has 1 N–H and O–H groups in total. The molecule has 2 aliphatic heterocycles. The van der Waals surface area contributed by atoms with Crippen LogP contribution in [0.25, 0.3) is 0 Å². The first-order valence-corrected chi connectivity index (χ1v) is 8.88. The van der Waals surface area contributed by atoms with Crippen molar-refractivity contribution in [3.8, 4) is 0 Å². The molecule has 7 nitrogen and oxygen atoms in total. The third-order valence-corrected chi connectivity index (χ3v) is 4.82. The SMILES string of the molecule is CC(C)(O)CCN1C(=O)C2(OCCCO2)c2cc(S(=O)[O-])ccc21. The summed E-state index contributed by atoms with van der Waals surface area (Å²) in [6.45, 7) is 4.33. The fourth-order valence-corrected chi connectivity index (χ4v) is 3.33. The van der Waals surface area contributed by atoms with Crippen LogP contribution in [0.4, 0.5) is 5.69 Å². The predicted molar refractivity (Wildman–Crippen MR) is 85.1 cm³/mol. The molecule has 132 valence electrons. The van der Waals surface area contributed by atoms with Crippen LogP contribution in [-0.4, -0.2) is 45.1 Å². The van der Waals surface area contributed by atoms with Crippen molar-refractivity contribution in [2.75, 3.05) is 24.7 Å². The van der Waals surface area contributed by atoms with Gasteiger partial charge in [0.15, 0.2) is 0 Å². The van der Waals surface area contributed by atoms with Crippen LogP contribution < -0.4 is 4.90 Å². The maximum atomic E-state index is 13.0. The Hall–Kier alpha value is -1.32. The molecule has 24 heavy (non-hydrogen) atoms. The minimum atomic E-state index is -2.41. The van der Waals surface area contributed by atoms with Crippen molar-refractivity contribution in [3.05, 3.63) is 23.8 Å². The van der Waals surface area contributed by atoms with Crippen molar-refractivity contribution in [1.82, 2.24) is 0 Å². The van der Waals surface area contributed by atoms with Crippen LogP contribution in [0.5, 0.6) is 0 Å². The lowest BCUT2D eigenvalue weighted by atomic mass is 10.1. The van der Waals surface area contributed by atoms with Gasteiger partial charge in [-0.2, -0.15) is 0 Å². The number of carbonyl (C=O) groups is 1. The van der Waals surface area contributed by atoms with Crippen LogP contribution >= 0.6 is 0 Å². The van der Waals surface area contributed by atoms with Crippen LogP contribution in [0, 0.1) is 0 Å². The molecular formula is C16H20NO6S-. The number of amides is 1. The third kappa shape index (κ3) is 3.00. The number of ether oxygens (including phenoxy) is 2. The number of benzene rings is 1. The Balaban J connectivity index is 2.03. The second-order valence-electron chi connectivity index (χ2n) is 6.60. The number of nitrogens with zero attached hydrogens (tertiary/aromatic N) is 1. The molecule has 0 bridgehead atoms. The van der Waals surface area contributed by atoms with Gasteiger partial charge in [0.2, 0.25) is 0 Å². The predicted octanol–water partition coefficient (Wildman–Crippen LogP) is 1.02. The maximum absolute atomic E-state index is 13.0. The first kappa shape index (κ1) is 17.5. The van der Waals surface area contributed by atoms with Crippen molar-refractivity contribution in [2.45, 2.75) is 43.0 Å². The highest BCUT2D eigenvalue weighted by Crippen LogP contribution is 2.46. The Kier molecular flexibility index (Phi) is 4.52. The van der Waals surface area contributed by atoms with E-state index in [2.05, 4.69) is 0 Å². The number of hydrogen-bond donors (Lipinski definition) is 1. The van der Waals surface area contributed by atoms with Crippen molar-refractivity contribution in [2.24, 2.45) is 0 Å². The topological polar surface area (TPSA) is 99.1 Å². The minimum absolute atomic E-state index is 0.0723. The van der Waals surface area contributed by atoms with Gasteiger partial charge in [0.1, 0.15) is 0 Å². The number of aliphatic hydroxyl groups is 1. The van der Waals surface area contributed by atoms with Crippen molar-refractivity contribution >= 4 is 22.7 Å². The van der Waals surface area contributed by atoms with Gasteiger partial charge in [-0.15, -0.1) is 0 Å². The summed E-state index contributed by atoms with van der Waals surface area (Å²) < 4.78 is 33.9. The van der Waals surface area contributed by atoms with Crippen LogP contribution in [0.2, 0.25) is 0 Å². The first-order valence-electron chi connectivity index (χ1n) is 7.81. The molecule has 1 aromatic carbocycles. The fourth-order valence-electron chi connectivity index (χ4n) is 2.94. The smallest absolute Gasteiger partial charge is 0.292 e. The number of carbonyl (C=O) groups excluding carboxylic acids is 1. The van der Waals surface area contributed by atoms with Gasteiger partial charge in [0.05, 0.1) is 24.5 Å². The van der Waals surface area contributed by atoms with Gasteiger partial charge < -0.3 is 24.0 Å². The molecule has 1 saturated heterocycles. The summed E-state index contributed by atoms with van der Waals surface area (Å²) in [7, 11) is 0. The first-order chi connectivity index (χ1) is 11.2. The van der Waals surface area contributed by atoms with E-state index in [4.69, 9.17) is 9.47 Å². The van der Waals surface area contributed by atoms with E-state index in [1.807, 2.05) is 0 Å². The molecule has 0 aromatic heterocycles. The monoisotopic (exact) mass is 354 g/mol. The molecule has 0 aliphatic carbocycles. The molecule has 8 heteroatoms. The molecule has 1 aromatic rings. The van der Waals surface area contributed by atoms with E-state index in [0.29, 0.717) is 37.3 Å². The van der Waals surface area contributed by atoms with Gasteiger partial charge in [-0.3, -0.25) is 9.00 Å². The number of anilines is 1. The standard InChI is InChI=1S/C16H21NO6S/c1-15(2,19)6-7-17-13-5-4-11(24(20)21)10-12(13)16(14(17)18)22-8-3-9-23-16/h4-5,10,19H,3,6-9H2,1-2H3,(H,20,21)/p-1. The van der Waals surface area contributed by atoms with Gasteiger partial charge in [0.25, 0.3) is 11.7 Å². The van der Waals surface area contributed by atoms with Crippen LogP contribution in [0.1, 0.15) is 32.3 Å². The Bertz CT molecular complexity index is 678. The molecule has 2 aliphatic rings. The average molecular weight is 354 g/mol. The van der Waals surface area contributed by atoms with E-state index in [-0.39, 0.29) is 17.3 Å². The summed E-state index contributed by atoms with van der Waals surface area (Å²) in [5.74, 6) is -1.96. The highest BCUT2D eigenvalue weighted by Gasteiger charge is 2.55. The fraction of sp³-hybridized carbons (Fsp3) is 0.562. The van der Waals surface area contributed by atoms with E-state index in [0.717, 1.165) is 0 Å². The van der Waals surface area contributed by atoms with Gasteiger partial charge in [-0.05, 0) is 56.0 Å². The van der Waals surface area contributed by atoms with E-state index >= 15 is 0 Å². The molecule has 0 radical (unpaired) electrons. The van der Waals surface area contributed by atoms with E-state index in [1.165, 1.54) is 17.0 Å². The molecule has 3 rings (SSSR count). The Morgan fingerprint density at radius 2 is 2.04 bits per heavy atom. The number of fused-ring (bicyclic) bond motifs is 2.